The molecule has 2 aliphatic heterocycles. The number of carbonyl (C=O) groups is 4. The topological polar surface area (TPSA) is 113 Å². The van der Waals surface area contributed by atoms with Crippen LogP contribution >= 0.6 is 38.9 Å². The average molecular weight is 796 g/mol. The Bertz CT molecular complexity index is 2420. The van der Waals surface area contributed by atoms with Crippen molar-refractivity contribution in [3.63, 3.8) is 0 Å². The van der Waals surface area contributed by atoms with Crippen LogP contribution in [0.2, 0.25) is 5.02 Å². The van der Waals surface area contributed by atoms with Gasteiger partial charge in [0.25, 0.3) is 0 Å². The number of aromatic hydroxyl groups is 1. The molecular weight excluding hydrogens is 764 g/mol. The van der Waals surface area contributed by atoms with Gasteiger partial charge < -0.3 is 5.11 Å². The molecule has 3 fully saturated rings. The van der Waals surface area contributed by atoms with E-state index in [-0.39, 0.29) is 35.8 Å². The highest BCUT2D eigenvalue weighted by atomic mass is 79.9. The van der Waals surface area contributed by atoms with Crippen LogP contribution in [0.1, 0.15) is 36.8 Å². The fourth-order valence-electron chi connectivity index (χ4n) is 9.34. The van der Waals surface area contributed by atoms with E-state index in [0.717, 1.165) is 36.1 Å². The fraction of sp³-hybridized carbons (Fsp3) is 0.275. The molecule has 2 saturated heterocycles. The number of anilines is 2. The third-order valence-corrected chi connectivity index (χ3v) is 13.9. The van der Waals surface area contributed by atoms with E-state index in [9.17, 15) is 24.3 Å². The van der Waals surface area contributed by atoms with Gasteiger partial charge in [0.1, 0.15) is 17.3 Å². The maximum Gasteiger partial charge on any atom is 0.242 e. The van der Waals surface area contributed by atoms with Crippen molar-refractivity contribution in [2.75, 3.05) is 9.80 Å². The molecule has 6 unspecified atom stereocenters. The minimum Gasteiger partial charge on any atom is -0.508 e. The predicted octanol–water partition coefficient (Wildman–Crippen LogP) is 8.17. The molecule has 1 saturated carbocycles. The first-order chi connectivity index (χ1) is 24.9. The smallest absolute Gasteiger partial charge is 0.242 e. The summed E-state index contributed by atoms with van der Waals surface area (Å²) in [5.41, 5.74) is 2.59. The number of amides is 4. The Morgan fingerprint density at radius 2 is 1.65 bits per heavy atom. The number of rotatable bonds is 4. The molecule has 262 valence electrons. The highest BCUT2D eigenvalue weighted by molar-refractivity contribution is 9.10. The van der Waals surface area contributed by atoms with Crippen LogP contribution in [0.15, 0.2) is 88.9 Å². The van der Waals surface area contributed by atoms with Crippen LogP contribution in [-0.2, 0) is 26.2 Å². The Kier molecular flexibility index (Phi) is 7.49. The van der Waals surface area contributed by atoms with Crippen molar-refractivity contribution in [3.8, 4) is 16.3 Å². The van der Waals surface area contributed by atoms with E-state index in [0.29, 0.717) is 28.6 Å². The number of aryl methyl sites for hydroxylation is 2. The van der Waals surface area contributed by atoms with Crippen molar-refractivity contribution < 1.29 is 24.3 Å². The average Bonchev–Trinajstić information content (AvgIpc) is 3.79. The molecule has 9 rings (SSSR count). The number of allylic oxidation sites excluding steroid dienone is 2. The largest absolute Gasteiger partial charge is 0.508 e. The number of carbonyl (C=O) groups excluding carboxylic acids is 4. The molecule has 4 heterocycles. The summed E-state index contributed by atoms with van der Waals surface area (Å²) in [6, 6.07) is 21.4. The van der Waals surface area contributed by atoms with Gasteiger partial charge in [-0.25, -0.2) is 4.90 Å². The normalized spacial score (nSPS) is 26.9. The summed E-state index contributed by atoms with van der Waals surface area (Å²) in [4.78, 5) is 61.5. The molecule has 6 atom stereocenters. The van der Waals surface area contributed by atoms with Crippen LogP contribution in [-0.4, -0.2) is 38.5 Å². The van der Waals surface area contributed by atoms with Crippen LogP contribution in [0.25, 0.3) is 20.7 Å². The van der Waals surface area contributed by atoms with Crippen molar-refractivity contribution >= 4 is 84.1 Å². The molecule has 4 amide bonds. The van der Waals surface area contributed by atoms with E-state index in [4.69, 9.17) is 16.7 Å². The standard InChI is InChI=1S/C40H32BrClN4O5S/c1-19-27-16-22(42)8-15-31(27)52-35(19)30-18-32(44(3)43-30)46-37(49)29-17-28-25(34(40(29,2)39(46)51)20-4-11-24(47)12-5-20)13-14-26-33(28)38(50)45(36(26)48)23-9-6-21(41)7-10-23/h4-13,15-16,18,26,28-29,33-34,47H,14,17H2,1-3H3. The van der Waals surface area contributed by atoms with E-state index in [1.165, 1.54) is 9.80 Å². The SMILES string of the molecule is Cc1c(-c2cc(N3C(=O)C4CC5C(=CCC6C(=O)N(c7ccc(Br)cc7)C(=O)C65)C(c5ccc(O)cc5)C4(C)C3=O)n(C)n2)sc2ccc(Cl)cc12. The number of thiophene rings is 1. The first-order valence-corrected chi connectivity index (χ1v) is 19.1. The zero-order valence-electron chi connectivity index (χ0n) is 28.3. The van der Waals surface area contributed by atoms with Crippen molar-refractivity contribution in [2.24, 2.45) is 36.1 Å². The lowest BCUT2D eigenvalue weighted by Gasteiger charge is -2.49. The zero-order chi connectivity index (χ0) is 36.4. The number of phenols is 1. The van der Waals surface area contributed by atoms with Gasteiger partial charge in [0.15, 0.2) is 0 Å². The van der Waals surface area contributed by atoms with Crippen LogP contribution in [0.3, 0.4) is 0 Å². The number of hydrogen-bond acceptors (Lipinski definition) is 7. The van der Waals surface area contributed by atoms with Gasteiger partial charge in [0.05, 0.1) is 33.7 Å². The molecule has 9 nitrogen and oxygen atoms in total. The lowest BCUT2D eigenvalue weighted by atomic mass is 9.51. The number of hydrogen-bond donors (Lipinski definition) is 1. The minimum absolute atomic E-state index is 0.0777. The van der Waals surface area contributed by atoms with Gasteiger partial charge in [-0.3, -0.25) is 28.8 Å². The van der Waals surface area contributed by atoms with Gasteiger partial charge in [-0.2, -0.15) is 5.10 Å². The summed E-state index contributed by atoms with van der Waals surface area (Å²) in [5.74, 6) is -3.85. The molecule has 52 heavy (non-hydrogen) atoms. The molecule has 2 aliphatic carbocycles. The number of phenolic OH excluding ortho intramolecular Hbond substituents is 1. The van der Waals surface area contributed by atoms with Crippen molar-refractivity contribution in [2.45, 2.75) is 32.6 Å². The van der Waals surface area contributed by atoms with Gasteiger partial charge >= 0.3 is 0 Å². The lowest BCUT2D eigenvalue weighted by Crippen LogP contribution is -2.48. The highest BCUT2D eigenvalue weighted by Crippen LogP contribution is 2.64. The van der Waals surface area contributed by atoms with Crippen LogP contribution in [0.4, 0.5) is 11.5 Å². The third-order valence-electron chi connectivity index (χ3n) is 11.8. The molecule has 3 aromatic carbocycles. The molecule has 0 bridgehead atoms. The van der Waals surface area contributed by atoms with Gasteiger partial charge in [-0.15, -0.1) is 11.3 Å². The Balaban J connectivity index is 1.14. The number of nitrogens with zero attached hydrogens (tertiary/aromatic N) is 4. The van der Waals surface area contributed by atoms with E-state index in [1.807, 2.05) is 38.1 Å². The molecule has 0 radical (unpaired) electrons. The highest BCUT2D eigenvalue weighted by Gasteiger charge is 2.68. The van der Waals surface area contributed by atoms with Crippen molar-refractivity contribution in [1.82, 2.24) is 9.78 Å². The van der Waals surface area contributed by atoms with Crippen molar-refractivity contribution in [3.05, 3.63) is 105 Å². The number of halogens is 2. The summed E-state index contributed by atoms with van der Waals surface area (Å²) in [5, 5.41) is 16.7. The van der Waals surface area contributed by atoms with Gasteiger partial charge in [-0.05, 0) is 104 Å². The first-order valence-electron chi connectivity index (χ1n) is 17.1. The van der Waals surface area contributed by atoms with E-state index < -0.39 is 35.0 Å². The van der Waals surface area contributed by atoms with Gasteiger partial charge in [-0.1, -0.05) is 51.3 Å². The van der Waals surface area contributed by atoms with Crippen LogP contribution in [0, 0.1) is 36.0 Å². The second-order valence-electron chi connectivity index (χ2n) is 14.4. The maximum absolute atomic E-state index is 15.0. The summed E-state index contributed by atoms with van der Waals surface area (Å²) in [6.45, 7) is 3.87. The Labute approximate surface area is 316 Å². The second-order valence-corrected chi connectivity index (χ2v) is 16.9. The Morgan fingerprint density at radius 1 is 0.923 bits per heavy atom. The minimum atomic E-state index is -1.21. The molecular formula is C40H32BrClN4O5S. The second kappa shape index (κ2) is 11.7. The number of fused-ring (bicyclic) bond motifs is 5. The Hall–Kier alpha value is -4.58. The quantitative estimate of drug-likeness (QED) is 0.145. The lowest BCUT2D eigenvalue weighted by molar-refractivity contribution is -0.131. The molecule has 1 N–H and O–H groups in total. The van der Waals surface area contributed by atoms with E-state index in [1.54, 1.807) is 77.7 Å². The number of imide groups is 2. The molecule has 4 aliphatic rings. The molecule has 2 aromatic heterocycles. The van der Waals surface area contributed by atoms with E-state index >= 15 is 0 Å². The van der Waals surface area contributed by atoms with Crippen LogP contribution in [0.5, 0.6) is 5.75 Å². The summed E-state index contributed by atoms with van der Waals surface area (Å²) in [7, 11) is 1.73. The Morgan fingerprint density at radius 3 is 2.38 bits per heavy atom. The van der Waals surface area contributed by atoms with Gasteiger partial charge in [0, 0.05) is 33.2 Å². The van der Waals surface area contributed by atoms with E-state index in [2.05, 4.69) is 15.9 Å². The van der Waals surface area contributed by atoms with Crippen molar-refractivity contribution in [1.29, 1.82) is 0 Å². The predicted molar refractivity (Wildman–Crippen MR) is 203 cm³/mol. The van der Waals surface area contributed by atoms with Gasteiger partial charge in [0.2, 0.25) is 23.6 Å². The monoisotopic (exact) mass is 794 g/mol. The summed E-state index contributed by atoms with van der Waals surface area (Å²) < 4.78 is 3.47. The molecule has 12 heteroatoms. The molecule has 5 aromatic rings. The summed E-state index contributed by atoms with van der Waals surface area (Å²) >= 11 is 11.3. The first kappa shape index (κ1) is 33.3. The zero-order valence-corrected chi connectivity index (χ0v) is 31.5. The van der Waals surface area contributed by atoms with Crippen LogP contribution < -0.4 is 9.80 Å². The fourth-order valence-corrected chi connectivity index (χ4v) is 10.9. The maximum atomic E-state index is 15.0. The molecule has 0 spiro atoms. The third kappa shape index (κ3) is 4.61. The number of benzene rings is 3. The summed E-state index contributed by atoms with van der Waals surface area (Å²) in [6.07, 6.45) is 2.62. The number of aromatic nitrogens is 2.